The SMILES string of the molecule is O=C(NC1CCCS(=O)(=O)C1)c1cc([N+](=O)[O-])ccc1F. The first kappa shape index (κ1) is 15.4. The highest BCUT2D eigenvalue weighted by Crippen LogP contribution is 2.18. The fourth-order valence-electron chi connectivity index (χ4n) is 2.20. The maximum atomic E-state index is 13.6. The number of rotatable bonds is 3. The van der Waals surface area contributed by atoms with Gasteiger partial charge in [0.25, 0.3) is 11.6 Å². The third-order valence-electron chi connectivity index (χ3n) is 3.20. The second-order valence-corrected chi connectivity index (χ2v) is 7.08. The molecular weight excluding hydrogens is 303 g/mol. The third-order valence-corrected chi connectivity index (χ3v) is 5.02. The van der Waals surface area contributed by atoms with Gasteiger partial charge in [-0.25, -0.2) is 12.8 Å². The average Bonchev–Trinajstić information content (AvgIpc) is 2.37. The van der Waals surface area contributed by atoms with Gasteiger partial charge in [-0.3, -0.25) is 14.9 Å². The molecule has 114 valence electrons. The summed E-state index contributed by atoms with van der Waals surface area (Å²) in [6.07, 6.45) is 0.895. The number of halogens is 1. The molecule has 0 aliphatic carbocycles. The van der Waals surface area contributed by atoms with Crippen LogP contribution in [-0.4, -0.2) is 36.8 Å². The van der Waals surface area contributed by atoms with E-state index in [1.165, 1.54) is 0 Å². The number of hydrogen-bond acceptors (Lipinski definition) is 5. The van der Waals surface area contributed by atoms with E-state index in [0.717, 1.165) is 18.2 Å². The minimum atomic E-state index is -3.21. The van der Waals surface area contributed by atoms with Gasteiger partial charge < -0.3 is 5.32 Å². The first-order valence-electron chi connectivity index (χ1n) is 6.24. The van der Waals surface area contributed by atoms with E-state index in [-0.39, 0.29) is 11.5 Å². The van der Waals surface area contributed by atoms with Gasteiger partial charge in [-0.15, -0.1) is 0 Å². The van der Waals surface area contributed by atoms with E-state index in [1.807, 2.05) is 0 Å². The Balaban J connectivity index is 2.17. The summed E-state index contributed by atoms with van der Waals surface area (Å²) in [6, 6.07) is 2.03. The highest BCUT2D eigenvalue weighted by Gasteiger charge is 2.27. The van der Waals surface area contributed by atoms with Gasteiger partial charge in [-0.2, -0.15) is 0 Å². The smallest absolute Gasteiger partial charge is 0.270 e. The summed E-state index contributed by atoms with van der Waals surface area (Å²) in [5.41, 5.74) is -0.870. The van der Waals surface area contributed by atoms with Gasteiger partial charge >= 0.3 is 0 Å². The van der Waals surface area contributed by atoms with Gasteiger partial charge in [0, 0.05) is 18.2 Å². The Kier molecular flexibility index (Phi) is 4.21. The summed E-state index contributed by atoms with van der Waals surface area (Å²) in [6.45, 7) is 0. The summed E-state index contributed by atoms with van der Waals surface area (Å²) in [7, 11) is -3.21. The van der Waals surface area contributed by atoms with Crippen LogP contribution in [0.3, 0.4) is 0 Å². The van der Waals surface area contributed by atoms with Gasteiger partial charge in [0.2, 0.25) is 0 Å². The average molecular weight is 316 g/mol. The van der Waals surface area contributed by atoms with Crippen molar-refractivity contribution >= 4 is 21.4 Å². The van der Waals surface area contributed by atoms with Crippen molar-refractivity contribution in [2.24, 2.45) is 0 Å². The first-order valence-corrected chi connectivity index (χ1v) is 8.06. The van der Waals surface area contributed by atoms with E-state index in [0.29, 0.717) is 12.8 Å². The molecular formula is C12H13FN2O5S. The van der Waals surface area contributed by atoms with Crippen LogP contribution < -0.4 is 5.32 Å². The fourth-order valence-corrected chi connectivity index (χ4v) is 3.84. The molecule has 0 saturated carbocycles. The number of benzene rings is 1. The number of nitrogens with one attached hydrogen (secondary N) is 1. The predicted molar refractivity (Wildman–Crippen MR) is 72.2 cm³/mol. The largest absolute Gasteiger partial charge is 0.348 e. The summed E-state index contributed by atoms with van der Waals surface area (Å²) >= 11 is 0. The third kappa shape index (κ3) is 3.75. The fraction of sp³-hybridized carbons (Fsp3) is 0.417. The van der Waals surface area contributed by atoms with E-state index < -0.39 is 43.8 Å². The Bertz CT molecular complexity index is 689. The molecule has 1 aromatic rings. The molecule has 2 rings (SSSR count). The molecule has 1 N–H and O–H groups in total. The van der Waals surface area contributed by atoms with Crippen LogP contribution in [0.5, 0.6) is 0 Å². The van der Waals surface area contributed by atoms with Crippen LogP contribution in [0.15, 0.2) is 18.2 Å². The topological polar surface area (TPSA) is 106 Å². The van der Waals surface area contributed by atoms with Crippen molar-refractivity contribution < 1.29 is 22.5 Å². The van der Waals surface area contributed by atoms with Crippen LogP contribution in [-0.2, 0) is 9.84 Å². The van der Waals surface area contributed by atoms with E-state index in [1.54, 1.807) is 0 Å². The van der Waals surface area contributed by atoms with E-state index in [4.69, 9.17) is 0 Å². The van der Waals surface area contributed by atoms with Crippen molar-refractivity contribution in [1.82, 2.24) is 5.32 Å². The number of nitro groups is 1. The van der Waals surface area contributed by atoms with Crippen molar-refractivity contribution in [3.05, 3.63) is 39.7 Å². The molecule has 21 heavy (non-hydrogen) atoms. The van der Waals surface area contributed by atoms with Crippen LogP contribution in [0.1, 0.15) is 23.2 Å². The number of non-ortho nitro benzene ring substituents is 1. The zero-order valence-corrected chi connectivity index (χ0v) is 11.7. The van der Waals surface area contributed by atoms with Crippen molar-refractivity contribution in [3.63, 3.8) is 0 Å². The summed E-state index contributed by atoms with van der Waals surface area (Å²) in [4.78, 5) is 21.9. The molecule has 1 aromatic carbocycles. The molecule has 1 fully saturated rings. The predicted octanol–water partition coefficient (Wildman–Crippen LogP) is 1.04. The highest BCUT2D eigenvalue weighted by atomic mass is 32.2. The van der Waals surface area contributed by atoms with Crippen LogP contribution in [0.4, 0.5) is 10.1 Å². The van der Waals surface area contributed by atoms with Crippen LogP contribution in [0.2, 0.25) is 0 Å². The maximum absolute atomic E-state index is 13.6. The van der Waals surface area contributed by atoms with E-state index in [2.05, 4.69) is 5.32 Å². The monoisotopic (exact) mass is 316 g/mol. The lowest BCUT2D eigenvalue weighted by Gasteiger charge is -2.23. The van der Waals surface area contributed by atoms with Crippen LogP contribution >= 0.6 is 0 Å². The Labute approximate surface area is 120 Å². The van der Waals surface area contributed by atoms with Crippen LogP contribution in [0.25, 0.3) is 0 Å². The molecule has 0 aromatic heterocycles. The first-order chi connectivity index (χ1) is 9.78. The second kappa shape index (κ2) is 5.76. The summed E-state index contributed by atoms with van der Waals surface area (Å²) < 4.78 is 36.5. The molecule has 1 aliphatic heterocycles. The molecule has 1 saturated heterocycles. The molecule has 1 heterocycles. The zero-order valence-electron chi connectivity index (χ0n) is 10.9. The number of nitrogens with zero attached hydrogens (tertiary/aromatic N) is 1. The molecule has 0 radical (unpaired) electrons. The Hall–Kier alpha value is -2.03. The lowest BCUT2D eigenvalue weighted by Crippen LogP contribution is -2.43. The van der Waals surface area contributed by atoms with Crippen molar-refractivity contribution in [3.8, 4) is 0 Å². The summed E-state index contributed by atoms with van der Waals surface area (Å²) in [5, 5.41) is 13.1. The van der Waals surface area contributed by atoms with Gasteiger partial charge in [-0.1, -0.05) is 0 Å². The number of sulfone groups is 1. The normalized spacial score (nSPS) is 20.7. The van der Waals surface area contributed by atoms with Crippen molar-refractivity contribution in [2.75, 3.05) is 11.5 Å². The molecule has 1 aliphatic rings. The Morgan fingerprint density at radius 2 is 2.14 bits per heavy atom. The maximum Gasteiger partial charge on any atom is 0.270 e. The zero-order chi connectivity index (χ0) is 15.6. The molecule has 9 heteroatoms. The molecule has 1 atom stereocenters. The highest BCUT2D eigenvalue weighted by molar-refractivity contribution is 7.91. The molecule has 0 spiro atoms. The Morgan fingerprint density at radius 1 is 1.43 bits per heavy atom. The lowest BCUT2D eigenvalue weighted by atomic mass is 10.1. The number of nitro benzene ring substituents is 1. The summed E-state index contributed by atoms with van der Waals surface area (Å²) in [5.74, 6) is -1.87. The second-order valence-electron chi connectivity index (χ2n) is 4.85. The van der Waals surface area contributed by atoms with Crippen LogP contribution in [0, 0.1) is 15.9 Å². The van der Waals surface area contributed by atoms with Gasteiger partial charge in [0.15, 0.2) is 9.84 Å². The number of hydrogen-bond donors (Lipinski definition) is 1. The van der Waals surface area contributed by atoms with Gasteiger partial charge in [-0.05, 0) is 18.9 Å². The quantitative estimate of drug-likeness (QED) is 0.662. The molecule has 7 nitrogen and oxygen atoms in total. The number of amides is 1. The standard InChI is InChI=1S/C12H13FN2O5S/c13-11-4-3-9(15(17)18)6-10(11)12(16)14-8-2-1-5-21(19,20)7-8/h3-4,6,8H,1-2,5,7H2,(H,14,16). The van der Waals surface area contributed by atoms with Crippen molar-refractivity contribution in [1.29, 1.82) is 0 Å². The molecule has 1 unspecified atom stereocenters. The minimum Gasteiger partial charge on any atom is -0.348 e. The minimum absolute atomic E-state index is 0.0739. The van der Waals surface area contributed by atoms with Crippen molar-refractivity contribution in [2.45, 2.75) is 18.9 Å². The number of carbonyl (C=O) groups excluding carboxylic acids is 1. The van der Waals surface area contributed by atoms with Gasteiger partial charge in [0.1, 0.15) is 5.82 Å². The van der Waals surface area contributed by atoms with E-state index in [9.17, 15) is 27.7 Å². The molecule has 0 bridgehead atoms. The van der Waals surface area contributed by atoms with Gasteiger partial charge in [0.05, 0.1) is 22.0 Å². The Morgan fingerprint density at radius 3 is 2.76 bits per heavy atom. The number of carbonyl (C=O) groups is 1. The molecule has 1 amide bonds. The van der Waals surface area contributed by atoms with E-state index >= 15 is 0 Å². The lowest BCUT2D eigenvalue weighted by molar-refractivity contribution is -0.384.